The van der Waals surface area contributed by atoms with E-state index >= 15 is 0 Å². The maximum Gasteiger partial charge on any atom is 0.247 e. The van der Waals surface area contributed by atoms with E-state index in [4.69, 9.17) is 9.47 Å². The molecule has 1 N–H and O–H groups in total. The molecule has 4 rings (SSSR count). The summed E-state index contributed by atoms with van der Waals surface area (Å²) in [5, 5.41) is 5.23. The number of carbonyl (C=O) groups is 2. The van der Waals surface area contributed by atoms with Crippen LogP contribution in [0.5, 0.6) is 11.5 Å². The summed E-state index contributed by atoms with van der Waals surface area (Å²) in [5.74, 6) is 0.840. The number of hydrogen-bond acceptors (Lipinski definition) is 5. The number of nitrogens with zero attached hydrogens (tertiary/aromatic N) is 1. The fourth-order valence-electron chi connectivity index (χ4n) is 4.79. The topological polar surface area (TPSA) is 67.9 Å². The van der Waals surface area contributed by atoms with Gasteiger partial charge in [-0.05, 0) is 47.5 Å². The van der Waals surface area contributed by atoms with E-state index in [1.165, 1.54) is 6.42 Å². The maximum absolute atomic E-state index is 13.9. The largest absolute Gasteiger partial charge is 0.493 e. The van der Waals surface area contributed by atoms with Crippen LogP contribution in [0.1, 0.15) is 54.1 Å². The molecule has 7 heteroatoms. The summed E-state index contributed by atoms with van der Waals surface area (Å²) in [4.78, 5) is 30.4. The number of nitrogens with one attached hydrogen (secondary N) is 1. The number of methoxy groups -OCH3 is 2. The number of hydrogen-bond donors (Lipinski definition) is 1. The summed E-state index contributed by atoms with van der Waals surface area (Å²) in [6.07, 6.45) is 5.59. The molecule has 1 fully saturated rings. The molecule has 0 saturated heterocycles. The normalized spacial score (nSPS) is 14.6. The van der Waals surface area contributed by atoms with E-state index in [2.05, 4.69) is 5.32 Å². The monoisotopic (exact) mass is 506 g/mol. The van der Waals surface area contributed by atoms with E-state index in [1.54, 1.807) is 42.6 Å². The lowest BCUT2D eigenvalue weighted by atomic mass is 9.94. The molecule has 2 aromatic carbocycles. The van der Waals surface area contributed by atoms with Crippen molar-refractivity contribution >= 4 is 23.2 Å². The zero-order valence-electron chi connectivity index (χ0n) is 20.9. The van der Waals surface area contributed by atoms with E-state index in [9.17, 15) is 9.59 Å². The van der Waals surface area contributed by atoms with Gasteiger partial charge in [-0.15, -0.1) is 11.3 Å². The van der Waals surface area contributed by atoms with E-state index in [-0.39, 0.29) is 24.3 Å². The molecule has 1 saturated carbocycles. The highest BCUT2D eigenvalue weighted by Gasteiger charge is 2.33. The molecular weight excluding hydrogens is 472 g/mol. The van der Waals surface area contributed by atoms with Crippen LogP contribution < -0.4 is 14.8 Å². The van der Waals surface area contributed by atoms with Gasteiger partial charge in [0.1, 0.15) is 6.04 Å². The number of thiophene rings is 1. The lowest BCUT2D eigenvalue weighted by Crippen LogP contribution is -2.47. The van der Waals surface area contributed by atoms with Crippen LogP contribution >= 0.6 is 11.3 Å². The van der Waals surface area contributed by atoms with Crippen LogP contribution in [-0.4, -0.2) is 37.0 Å². The Bertz CT molecular complexity index is 1130. The molecule has 1 aliphatic carbocycles. The van der Waals surface area contributed by atoms with Crippen LogP contribution in [0.4, 0.5) is 0 Å². The molecule has 190 valence electrons. The minimum Gasteiger partial charge on any atom is -0.493 e. The van der Waals surface area contributed by atoms with Gasteiger partial charge in [0.2, 0.25) is 11.8 Å². The second kappa shape index (κ2) is 12.6. The first kappa shape index (κ1) is 25.8. The Morgan fingerprint density at radius 3 is 2.39 bits per heavy atom. The summed E-state index contributed by atoms with van der Waals surface area (Å²) in [7, 11) is 3.15. The third-order valence-electron chi connectivity index (χ3n) is 6.66. The van der Waals surface area contributed by atoms with E-state index in [0.717, 1.165) is 36.1 Å². The molecule has 1 heterocycles. The average Bonchev–Trinajstić information content (AvgIpc) is 3.42. The molecule has 1 aliphatic rings. The standard InChI is InChI=1S/C29H34N2O4S/c1-34-25-16-15-22(18-26(25)35-2)28(29(33)30-23-12-7-4-8-13-23)31(20-21-10-5-3-6-11-21)27(32)19-24-14-9-17-36-24/h3,5-6,9-11,14-18,23,28H,4,7-8,12-13,19-20H2,1-2H3,(H,30,33)/t28-/m0/s1. The van der Waals surface area contributed by atoms with E-state index in [1.807, 2.05) is 53.9 Å². The Labute approximate surface area is 217 Å². The Kier molecular flexibility index (Phi) is 9.01. The predicted molar refractivity (Wildman–Crippen MR) is 142 cm³/mol. The summed E-state index contributed by atoms with van der Waals surface area (Å²) >= 11 is 1.55. The van der Waals surface area contributed by atoms with Crippen molar-refractivity contribution in [3.8, 4) is 11.5 Å². The first-order valence-corrected chi connectivity index (χ1v) is 13.3. The highest BCUT2D eigenvalue weighted by atomic mass is 32.1. The second-order valence-corrected chi connectivity index (χ2v) is 10.2. The average molecular weight is 507 g/mol. The molecule has 0 aliphatic heterocycles. The van der Waals surface area contributed by atoms with Crippen LogP contribution in [0.25, 0.3) is 0 Å². The van der Waals surface area contributed by atoms with E-state index in [0.29, 0.717) is 23.6 Å². The Hall–Kier alpha value is -3.32. The molecule has 6 nitrogen and oxygen atoms in total. The molecular formula is C29H34N2O4S. The molecule has 36 heavy (non-hydrogen) atoms. The van der Waals surface area contributed by atoms with Crippen molar-refractivity contribution < 1.29 is 19.1 Å². The third-order valence-corrected chi connectivity index (χ3v) is 7.53. The zero-order valence-corrected chi connectivity index (χ0v) is 21.8. The van der Waals surface area contributed by atoms with Crippen molar-refractivity contribution in [3.05, 3.63) is 82.0 Å². The summed E-state index contributed by atoms with van der Waals surface area (Å²) in [5.41, 5.74) is 1.66. The van der Waals surface area contributed by atoms with Gasteiger partial charge in [-0.1, -0.05) is 61.7 Å². The van der Waals surface area contributed by atoms with Crippen LogP contribution in [0.3, 0.4) is 0 Å². The zero-order chi connectivity index (χ0) is 25.3. The van der Waals surface area contributed by atoms with Gasteiger partial charge in [0.15, 0.2) is 11.5 Å². The highest BCUT2D eigenvalue weighted by Crippen LogP contribution is 2.34. The van der Waals surface area contributed by atoms with Gasteiger partial charge in [0.25, 0.3) is 0 Å². The molecule has 0 radical (unpaired) electrons. The van der Waals surface area contributed by atoms with Gasteiger partial charge in [0, 0.05) is 17.5 Å². The molecule has 0 bridgehead atoms. The minimum absolute atomic E-state index is 0.0973. The molecule has 0 spiro atoms. The summed E-state index contributed by atoms with van der Waals surface area (Å²) in [6, 6.07) is 18.5. The van der Waals surface area contributed by atoms with Crippen molar-refractivity contribution in [1.29, 1.82) is 0 Å². The van der Waals surface area contributed by atoms with Crippen molar-refractivity contribution in [2.45, 2.75) is 57.2 Å². The number of amides is 2. The molecule has 1 atom stereocenters. The third kappa shape index (κ3) is 6.46. The Morgan fingerprint density at radius 1 is 0.972 bits per heavy atom. The van der Waals surface area contributed by atoms with Gasteiger partial charge >= 0.3 is 0 Å². The SMILES string of the molecule is COc1ccc([C@@H](C(=O)NC2CCCCC2)N(Cc2ccccc2)C(=O)Cc2cccs2)cc1OC. The van der Waals surface area contributed by atoms with E-state index < -0.39 is 6.04 Å². The first-order chi connectivity index (χ1) is 17.6. The lowest BCUT2D eigenvalue weighted by molar-refractivity contribution is -0.141. The van der Waals surface area contributed by atoms with Crippen LogP contribution in [-0.2, 0) is 22.6 Å². The fraction of sp³-hybridized carbons (Fsp3) is 0.379. The molecule has 0 unspecified atom stereocenters. The summed E-state index contributed by atoms with van der Waals surface area (Å²) < 4.78 is 11.0. The van der Waals surface area contributed by atoms with Crippen LogP contribution in [0.15, 0.2) is 66.0 Å². The second-order valence-electron chi connectivity index (χ2n) is 9.12. The number of carbonyl (C=O) groups excluding carboxylic acids is 2. The molecule has 3 aromatic rings. The highest BCUT2D eigenvalue weighted by molar-refractivity contribution is 7.10. The summed E-state index contributed by atoms with van der Waals surface area (Å²) in [6.45, 7) is 0.322. The van der Waals surface area contributed by atoms with Crippen molar-refractivity contribution in [3.63, 3.8) is 0 Å². The Balaban J connectivity index is 1.73. The Morgan fingerprint density at radius 2 is 1.72 bits per heavy atom. The van der Waals surface area contributed by atoms with Crippen molar-refractivity contribution in [2.75, 3.05) is 14.2 Å². The van der Waals surface area contributed by atoms with Gasteiger partial charge < -0.3 is 19.7 Å². The fourth-order valence-corrected chi connectivity index (χ4v) is 5.49. The predicted octanol–water partition coefficient (Wildman–Crippen LogP) is 5.53. The minimum atomic E-state index is -0.806. The smallest absolute Gasteiger partial charge is 0.247 e. The first-order valence-electron chi connectivity index (χ1n) is 12.5. The van der Waals surface area contributed by atoms with Crippen LogP contribution in [0, 0.1) is 0 Å². The number of rotatable bonds is 10. The van der Waals surface area contributed by atoms with Crippen LogP contribution in [0.2, 0.25) is 0 Å². The van der Waals surface area contributed by atoms with Gasteiger partial charge in [-0.2, -0.15) is 0 Å². The van der Waals surface area contributed by atoms with Crippen molar-refractivity contribution in [2.24, 2.45) is 0 Å². The van der Waals surface area contributed by atoms with Gasteiger partial charge in [-0.3, -0.25) is 9.59 Å². The van der Waals surface area contributed by atoms with Gasteiger partial charge in [0.05, 0.1) is 20.6 Å². The molecule has 1 aromatic heterocycles. The maximum atomic E-state index is 13.9. The number of ether oxygens (including phenoxy) is 2. The molecule has 2 amide bonds. The number of benzene rings is 2. The lowest BCUT2D eigenvalue weighted by Gasteiger charge is -2.34. The quantitative estimate of drug-likeness (QED) is 0.393. The van der Waals surface area contributed by atoms with Gasteiger partial charge in [-0.25, -0.2) is 0 Å². The van der Waals surface area contributed by atoms with Crippen molar-refractivity contribution in [1.82, 2.24) is 10.2 Å².